The minimum atomic E-state index is -1.51. The molecule has 0 aliphatic carbocycles. The zero-order chi connectivity index (χ0) is 9.24. The average molecular weight is 275 g/mol. The second-order valence-corrected chi connectivity index (χ2v) is 20.3. The van der Waals surface area contributed by atoms with Crippen LogP contribution < -0.4 is 0 Å². The molecule has 0 aromatic heterocycles. The molecule has 0 spiro atoms. The third-order valence-electron chi connectivity index (χ3n) is 3.02. The van der Waals surface area contributed by atoms with Crippen LogP contribution in [0.5, 0.6) is 0 Å². The standard InChI is InChI=1S/C5H11.C5H10.CH3.Sn/c1-5(2,3)4;1-3-5-4-2;;/h1H2,2-4H3;1-5H2;1H3;. The van der Waals surface area contributed by atoms with Crippen molar-refractivity contribution in [1.82, 2.24) is 0 Å². The quantitative estimate of drug-likeness (QED) is 0.626. The van der Waals surface area contributed by atoms with Crippen molar-refractivity contribution < 1.29 is 0 Å². The zero-order valence-electron chi connectivity index (χ0n) is 9.24. The first-order chi connectivity index (χ1) is 5.41. The minimum absolute atomic E-state index is 0.613. The summed E-state index contributed by atoms with van der Waals surface area (Å²) >= 11 is -1.51. The van der Waals surface area contributed by atoms with E-state index < -0.39 is 18.4 Å². The summed E-state index contributed by atoms with van der Waals surface area (Å²) in [4.78, 5) is 2.69. The monoisotopic (exact) mass is 276 g/mol. The van der Waals surface area contributed by atoms with E-state index in [2.05, 4.69) is 25.7 Å². The molecule has 0 atom stereocenters. The number of rotatable bonds is 1. The Labute approximate surface area is 82.0 Å². The van der Waals surface area contributed by atoms with Gasteiger partial charge in [-0.3, -0.25) is 0 Å². The van der Waals surface area contributed by atoms with Gasteiger partial charge in [0.2, 0.25) is 0 Å². The molecule has 0 amide bonds. The average Bonchev–Trinajstić information content (AvgIpc) is 1.83. The van der Waals surface area contributed by atoms with Gasteiger partial charge in [0.1, 0.15) is 0 Å². The van der Waals surface area contributed by atoms with Crippen LogP contribution in [0.15, 0.2) is 0 Å². The molecule has 0 unspecified atom stereocenters. The molecule has 0 radical (unpaired) electrons. The Hall–Kier alpha value is 0.799. The van der Waals surface area contributed by atoms with Crippen LogP contribution in [0.25, 0.3) is 0 Å². The molecule has 12 heavy (non-hydrogen) atoms. The Morgan fingerprint density at radius 1 is 1.00 bits per heavy atom. The second-order valence-electron chi connectivity index (χ2n) is 6.11. The fraction of sp³-hybridized carbons (Fsp3) is 1.00. The summed E-state index contributed by atoms with van der Waals surface area (Å²) in [5.74, 6) is 0. The normalized spacial score (nSPS) is 24.0. The first kappa shape index (κ1) is 10.9. The van der Waals surface area contributed by atoms with Crippen molar-refractivity contribution in [2.75, 3.05) is 0 Å². The van der Waals surface area contributed by atoms with Crippen molar-refractivity contribution in [2.45, 2.75) is 58.3 Å². The molecule has 1 fully saturated rings. The molecule has 0 N–H and O–H groups in total. The third-order valence-corrected chi connectivity index (χ3v) is 17.4. The van der Waals surface area contributed by atoms with Crippen LogP contribution in [-0.2, 0) is 0 Å². The van der Waals surface area contributed by atoms with Crippen LogP contribution in [-0.4, -0.2) is 18.4 Å². The first-order valence-corrected chi connectivity index (χ1v) is 14.3. The van der Waals surface area contributed by atoms with Gasteiger partial charge in [-0.2, -0.15) is 0 Å². The summed E-state index contributed by atoms with van der Waals surface area (Å²) in [5, 5.41) is 0. The SMILES string of the molecule is CC(C)(C)[CH2][Sn]1([CH3])[CH2]CCC[CH2]1. The van der Waals surface area contributed by atoms with Crippen molar-refractivity contribution in [1.29, 1.82) is 0 Å². The number of hydrogen-bond acceptors (Lipinski definition) is 0. The van der Waals surface area contributed by atoms with E-state index in [0.29, 0.717) is 5.41 Å². The Morgan fingerprint density at radius 2 is 1.50 bits per heavy atom. The first-order valence-electron chi connectivity index (χ1n) is 5.41. The van der Waals surface area contributed by atoms with E-state index in [-0.39, 0.29) is 0 Å². The van der Waals surface area contributed by atoms with E-state index in [0.717, 1.165) is 0 Å². The molecular formula is C11H24Sn. The third kappa shape index (κ3) is 3.67. The second kappa shape index (κ2) is 3.89. The van der Waals surface area contributed by atoms with Gasteiger partial charge in [0, 0.05) is 0 Å². The number of hydrogen-bond donors (Lipinski definition) is 0. The summed E-state index contributed by atoms with van der Waals surface area (Å²) < 4.78 is 4.96. The molecule has 1 heteroatoms. The molecule has 0 aromatic rings. The van der Waals surface area contributed by atoms with E-state index in [1.54, 1.807) is 26.2 Å². The van der Waals surface area contributed by atoms with Crippen molar-refractivity contribution >= 4 is 18.4 Å². The predicted octanol–water partition coefficient (Wildman–Crippen LogP) is 4.30. The summed E-state index contributed by atoms with van der Waals surface area (Å²) in [6.45, 7) is 7.26. The van der Waals surface area contributed by atoms with Gasteiger partial charge >= 0.3 is 82.1 Å². The molecule has 1 rings (SSSR count). The van der Waals surface area contributed by atoms with Crippen LogP contribution in [0.4, 0.5) is 0 Å². The Morgan fingerprint density at radius 3 is 1.92 bits per heavy atom. The van der Waals surface area contributed by atoms with Gasteiger partial charge in [-0.1, -0.05) is 0 Å². The van der Waals surface area contributed by atoms with E-state index in [4.69, 9.17) is 0 Å². The molecule has 72 valence electrons. The van der Waals surface area contributed by atoms with Gasteiger partial charge in [-0.25, -0.2) is 0 Å². The fourth-order valence-electron chi connectivity index (χ4n) is 2.86. The van der Waals surface area contributed by atoms with Gasteiger partial charge in [0.15, 0.2) is 0 Å². The van der Waals surface area contributed by atoms with E-state index in [1.165, 1.54) is 6.42 Å². The summed E-state index contributed by atoms with van der Waals surface area (Å²) in [6.07, 6.45) is 4.64. The Kier molecular flexibility index (Phi) is 3.53. The van der Waals surface area contributed by atoms with Crippen LogP contribution in [0.1, 0.15) is 40.0 Å². The van der Waals surface area contributed by atoms with Gasteiger partial charge in [-0.15, -0.1) is 0 Å². The maximum absolute atomic E-state index is 2.69. The van der Waals surface area contributed by atoms with Crippen LogP contribution >= 0.6 is 0 Å². The summed E-state index contributed by atoms with van der Waals surface area (Å²) in [7, 11) is 0. The van der Waals surface area contributed by atoms with Gasteiger partial charge < -0.3 is 0 Å². The molecule has 1 saturated heterocycles. The fourth-order valence-corrected chi connectivity index (χ4v) is 18.2. The summed E-state index contributed by atoms with van der Waals surface area (Å²) in [5.41, 5.74) is 0.613. The van der Waals surface area contributed by atoms with Crippen molar-refractivity contribution in [3.63, 3.8) is 0 Å². The van der Waals surface area contributed by atoms with Crippen LogP contribution in [0.3, 0.4) is 0 Å². The predicted molar refractivity (Wildman–Crippen MR) is 59.3 cm³/mol. The molecule has 1 heterocycles. The Bertz CT molecular complexity index is 138. The van der Waals surface area contributed by atoms with Gasteiger partial charge in [0.25, 0.3) is 0 Å². The van der Waals surface area contributed by atoms with Crippen molar-refractivity contribution in [3.8, 4) is 0 Å². The Balaban J connectivity index is 2.47. The molecule has 1 aliphatic heterocycles. The maximum atomic E-state index is 2.69. The van der Waals surface area contributed by atoms with Gasteiger partial charge in [-0.05, 0) is 0 Å². The molecule has 0 nitrogen and oxygen atoms in total. The van der Waals surface area contributed by atoms with E-state index >= 15 is 0 Å². The van der Waals surface area contributed by atoms with E-state index in [1.807, 2.05) is 0 Å². The molecular weight excluding hydrogens is 251 g/mol. The van der Waals surface area contributed by atoms with Crippen LogP contribution in [0.2, 0.25) is 18.2 Å². The molecule has 0 aromatic carbocycles. The van der Waals surface area contributed by atoms with Crippen molar-refractivity contribution in [3.05, 3.63) is 0 Å². The molecule has 0 bridgehead atoms. The zero-order valence-corrected chi connectivity index (χ0v) is 12.1. The van der Waals surface area contributed by atoms with Gasteiger partial charge in [0.05, 0.1) is 0 Å². The van der Waals surface area contributed by atoms with E-state index in [9.17, 15) is 0 Å². The molecule has 1 aliphatic rings. The van der Waals surface area contributed by atoms with Crippen molar-refractivity contribution in [2.24, 2.45) is 5.41 Å². The van der Waals surface area contributed by atoms with Crippen LogP contribution in [0, 0.1) is 5.41 Å². The summed E-state index contributed by atoms with van der Waals surface area (Å²) in [6, 6.07) is 0. The molecule has 0 saturated carbocycles. The topological polar surface area (TPSA) is 0 Å².